The Balaban J connectivity index is 2.98. The Kier molecular flexibility index (Phi) is 4.03. The van der Waals surface area contributed by atoms with Crippen LogP contribution >= 0.6 is 0 Å². The van der Waals surface area contributed by atoms with E-state index in [0.717, 1.165) is 22.9 Å². The summed E-state index contributed by atoms with van der Waals surface area (Å²) in [6.45, 7) is 5.85. The SMILES string of the molecule is C/C=C(\C=C(/C)c1nccc(C)n1)OC. The number of ether oxygens (including phenoxy) is 1. The number of allylic oxidation sites excluding steroid dienone is 3. The van der Waals surface area contributed by atoms with Crippen LogP contribution in [-0.2, 0) is 4.74 Å². The number of hydrogen-bond donors (Lipinski definition) is 0. The van der Waals surface area contributed by atoms with Crippen molar-refractivity contribution in [2.75, 3.05) is 7.11 Å². The van der Waals surface area contributed by atoms with Crippen LogP contribution in [0.1, 0.15) is 25.4 Å². The molecule has 0 N–H and O–H groups in total. The third kappa shape index (κ3) is 3.20. The molecule has 0 saturated heterocycles. The molecule has 1 aromatic heterocycles. The molecule has 0 aromatic carbocycles. The molecule has 0 saturated carbocycles. The lowest BCUT2D eigenvalue weighted by molar-refractivity contribution is 0.306. The molecular formula is C12H16N2O. The Morgan fingerprint density at radius 3 is 2.73 bits per heavy atom. The van der Waals surface area contributed by atoms with Gasteiger partial charge in [-0.15, -0.1) is 0 Å². The summed E-state index contributed by atoms with van der Waals surface area (Å²) in [5.41, 5.74) is 1.96. The molecule has 3 nitrogen and oxygen atoms in total. The van der Waals surface area contributed by atoms with Gasteiger partial charge in [0.2, 0.25) is 0 Å². The molecule has 80 valence electrons. The van der Waals surface area contributed by atoms with Crippen molar-refractivity contribution in [1.29, 1.82) is 0 Å². The summed E-state index contributed by atoms with van der Waals surface area (Å²) >= 11 is 0. The van der Waals surface area contributed by atoms with Gasteiger partial charge in [0.1, 0.15) is 5.76 Å². The van der Waals surface area contributed by atoms with Gasteiger partial charge < -0.3 is 4.74 Å². The van der Waals surface area contributed by atoms with Crippen molar-refractivity contribution in [1.82, 2.24) is 9.97 Å². The Morgan fingerprint density at radius 1 is 1.47 bits per heavy atom. The van der Waals surface area contributed by atoms with E-state index in [2.05, 4.69) is 9.97 Å². The normalized spacial score (nSPS) is 12.8. The zero-order valence-electron chi connectivity index (χ0n) is 9.61. The van der Waals surface area contributed by atoms with Gasteiger partial charge in [-0.25, -0.2) is 9.97 Å². The zero-order chi connectivity index (χ0) is 11.3. The van der Waals surface area contributed by atoms with Gasteiger partial charge in [-0.3, -0.25) is 0 Å². The molecule has 1 rings (SSSR count). The first-order valence-electron chi connectivity index (χ1n) is 4.86. The maximum Gasteiger partial charge on any atom is 0.155 e. The minimum atomic E-state index is 0.742. The van der Waals surface area contributed by atoms with Crippen LogP contribution in [0.3, 0.4) is 0 Å². The minimum Gasteiger partial charge on any atom is -0.497 e. The third-order valence-corrected chi connectivity index (χ3v) is 2.03. The average molecular weight is 204 g/mol. The number of aromatic nitrogens is 2. The predicted molar refractivity (Wildman–Crippen MR) is 61.2 cm³/mol. The average Bonchev–Trinajstić information content (AvgIpc) is 2.25. The van der Waals surface area contributed by atoms with Gasteiger partial charge in [-0.1, -0.05) is 0 Å². The standard InChI is InChI=1S/C12H16N2O/c1-5-11(15-4)8-9(2)12-13-7-6-10(3)14-12/h5-8H,1-4H3/b9-8+,11-5+. The molecule has 0 atom stereocenters. The van der Waals surface area contributed by atoms with E-state index < -0.39 is 0 Å². The number of methoxy groups -OCH3 is 1. The van der Waals surface area contributed by atoms with Crippen molar-refractivity contribution in [3.8, 4) is 0 Å². The van der Waals surface area contributed by atoms with E-state index in [0.29, 0.717) is 0 Å². The zero-order valence-corrected chi connectivity index (χ0v) is 9.61. The Morgan fingerprint density at radius 2 is 2.20 bits per heavy atom. The third-order valence-electron chi connectivity index (χ3n) is 2.03. The van der Waals surface area contributed by atoms with Gasteiger partial charge in [0.05, 0.1) is 7.11 Å². The van der Waals surface area contributed by atoms with Crippen molar-refractivity contribution in [3.05, 3.63) is 41.7 Å². The highest BCUT2D eigenvalue weighted by atomic mass is 16.5. The quantitative estimate of drug-likeness (QED) is 0.561. The highest BCUT2D eigenvalue weighted by Gasteiger charge is 2.00. The van der Waals surface area contributed by atoms with Crippen LogP contribution in [0.5, 0.6) is 0 Å². The summed E-state index contributed by atoms with van der Waals surface area (Å²) in [5.74, 6) is 1.56. The molecule has 0 aliphatic heterocycles. The van der Waals surface area contributed by atoms with Crippen molar-refractivity contribution in [2.24, 2.45) is 0 Å². The van der Waals surface area contributed by atoms with Crippen molar-refractivity contribution < 1.29 is 4.74 Å². The molecule has 0 unspecified atom stereocenters. The van der Waals surface area contributed by atoms with E-state index >= 15 is 0 Å². The van der Waals surface area contributed by atoms with Crippen molar-refractivity contribution in [3.63, 3.8) is 0 Å². The summed E-state index contributed by atoms with van der Waals surface area (Å²) in [7, 11) is 1.65. The second-order valence-electron chi connectivity index (χ2n) is 3.24. The van der Waals surface area contributed by atoms with Crippen LogP contribution in [0.2, 0.25) is 0 Å². The van der Waals surface area contributed by atoms with E-state index in [1.54, 1.807) is 13.3 Å². The number of aryl methyl sites for hydroxylation is 1. The lowest BCUT2D eigenvalue weighted by Crippen LogP contribution is -1.94. The van der Waals surface area contributed by atoms with E-state index in [4.69, 9.17) is 4.74 Å². The lowest BCUT2D eigenvalue weighted by Gasteiger charge is -2.03. The summed E-state index contributed by atoms with van der Waals surface area (Å²) in [4.78, 5) is 8.53. The molecular weight excluding hydrogens is 188 g/mol. The smallest absolute Gasteiger partial charge is 0.155 e. The molecule has 15 heavy (non-hydrogen) atoms. The molecule has 0 aliphatic carbocycles. The topological polar surface area (TPSA) is 35.0 Å². The van der Waals surface area contributed by atoms with Crippen LogP contribution in [0, 0.1) is 6.92 Å². The van der Waals surface area contributed by atoms with Gasteiger partial charge >= 0.3 is 0 Å². The van der Waals surface area contributed by atoms with Crippen LogP contribution in [0.15, 0.2) is 30.2 Å². The second kappa shape index (κ2) is 5.29. The fourth-order valence-corrected chi connectivity index (χ4v) is 1.18. The first kappa shape index (κ1) is 11.4. The highest BCUT2D eigenvalue weighted by molar-refractivity contribution is 5.60. The Labute approximate surface area is 90.5 Å². The summed E-state index contributed by atoms with van der Waals surface area (Å²) in [6.07, 6.45) is 5.59. The van der Waals surface area contributed by atoms with E-state index in [-0.39, 0.29) is 0 Å². The molecule has 0 fully saturated rings. The molecule has 1 aromatic rings. The molecule has 0 aliphatic rings. The highest BCUT2D eigenvalue weighted by Crippen LogP contribution is 2.12. The first-order valence-corrected chi connectivity index (χ1v) is 4.86. The minimum absolute atomic E-state index is 0.742. The predicted octanol–water partition coefficient (Wildman–Crippen LogP) is 2.74. The van der Waals surface area contributed by atoms with Crippen LogP contribution in [0.25, 0.3) is 5.57 Å². The van der Waals surface area contributed by atoms with Gasteiger partial charge in [0.25, 0.3) is 0 Å². The van der Waals surface area contributed by atoms with Crippen LogP contribution in [-0.4, -0.2) is 17.1 Å². The Bertz CT molecular complexity index is 394. The van der Waals surface area contributed by atoms with Crippen LogP contribution in [0.4, 0.5) is 0 Å². The Hall–Kier alpha value is -1.64. The number of hydrogen-bond acceptors (Lipinski definition) is 3. The number of nitrogens with zero attached hydrogens (tertiary/aromatic N) is 2. The molecule has 3 heteroatoms. The molecule has 1 heterocycles. The van der Waals surface area contributed by atoms with E-state index in [1.165, 1.54) is 0 Å². The van der Waals surface area contributed by atoms with E-state index in [9.17, 15) is 0 Å². The van der Waals surface area contributed by atoms with Crippen molar-refractivity contribution >= 4 is 5.57 Å². The second-order valence-corrected chi connectivity index (χ2v) is 3.24. The van der Waals surface area contributed by atoms with Gasteiger partial charge in [0.15, 0.2) is 5.82 Å². The maximum atomic E-state index is 5.15. The summed E-state index contributed by atoms with van der Waals surface area (Å²) in [5, 5.41) is 0. The fraction of sp³-hybridized carbons (Fsp3) is 0.333. The van der Waals surface area contributed by atoms with Crippen molar-refractivity contribution in [2.45, 2.75) is 20.8 Å². The van der Waals surface area contributed by atoms with Gasteiger partial charge in [0, 0.05) is 11.9 Å². The summed E-state index contributed by atoms with van der Waals surface area (Å²) < 4.78 is 5.15. The molecule has 0 radical (unpaired) electrons. The molecule has 0 bridgehead atoms. The van der Waals surface area contributed by atoms with Gasteiger partial charge in [-0.05, 0) is 44.6 Å². The maximum absolute atomic E-state index is 5.15. The summed E-state index contributed by atoms with van der Waals surface area (Å²) in [6, 6.07) is 1.88. The fourth-order valence-electron chi connectivity index (χ4n) is 1.18. The molecule has 0 spiro atoms. The van der Waals surface area contributed by atoms with Gasteiger partial charge in [-0.2, -0.15) is 0 Å². The lowest BCUT2D eigenvalue weighted by atomic mass is 10.2. The molecule has 0 amide bonds. The van der Waals surface area contributed by atoms with E-state index in [1.807, 2.05) is 39.0 Å². The van der Waals surface area contributed by atoms with Crippen LogP contribution < -0.4 is 0 Å². The first-order chi connectivity index (χ1) is 7.17. The monoisotopic (exact) mass is 204 g/mol. The largest absolute Gasteiger partial charge is 0.497 e. The number of rotatable bonds is 3.